The summed E-state index contributed by atoms with van der Waals surface area (Å²) in [6.07, 6.45) is 0.847. The number of nitrogens with one attached hydrogen (secondary N) is 1. The summed E-state index contributed by atoms with van der Waals surface area (Å²) in [5.41, 5.74) is 1.34. The SMILES string of the molecule is CCc1sc(C(=O)OCC(=O)Nc2cc(Cl)c(Cl)cc2Cl)cc1C. The van der Waals surface area contributed by atoms with Gasteiger partial charge in [-0.15, -0.1) is 11.3 Å². The van der Waals surface area contributed by atoms with Crippen LogP contribution in [0.1, 0.15) is 27.0 Å². The predicted molar refractivity (Wildman–Crippen MR) is 98.8 cm³/mol. The monoisotopic (exact) mass is 405 g/mol. The number of halogens is 3. The summed E-state index contributed by atoms with van der Waals surface area (Å²) in [5, 5.41) is 3.31. The van der Waals surface area contributed by atoms with E-state index in [9.17, 15) is 9.59 Å². The van der Waals surface area contributed by atoms with Crippen LogP contribution in [0.25, 0.3) is 0 Å². The molecule has 0 aliphatic rings. The van der Waals surface area contributed by atoms with Crippen molar-refractivity contribution in [1.82, 2.24) is 0 Å². The third-order valence-corrected chi connectivity index (χ3v) is 5.56. The van der Waals surface area contributed by atoms with Crippen LogP contribution >= 0.6 is 46.1 Å². The van der Waals surface area contributed by atoms with Crippen LogP contribution in [0.4, 0.5) is 5.69 Å². The normalized spacial score (nSPS) is 10.5. The Kier molecular flexibility index (Phi) is 6.52. The zero-order chi connectivity index (χ0) is 17.9. The lowest BCUT2D eigenvalue weighted by molar-refractivity contribution is -0.119. The van der Waals surface area contributed by atoms with Gasteiger partial charge in [-0.1, -0.05) is 41.7 Å². The number of amides is 1. The van der Waals surface area contributed by atoms with Crippen LogP contribution in [0.5, 0.6) is 0 Å². The fourth-order valence-corrected chi connectivity index (χ4v) is 3.58. The number of thiophene rings is 1. The highest BCUT2D eigenvalue weighted by Gasteiger charge is 2.15. The van der Waals surface area contributed by atoms with Crippen LogP contribution in [-0.4, -0.2) is 18.5 Å². The Labute approximate surface area is 158 Å². The number of aryl methyl sites for hydroxylation is 2. The van der Waals surface area contributed by atoms with Crippen LogP contribution in [0.3, 0.4) is 0 Å². The van der Waals surface area contributed by atoms with Crippen molar-refractivity contribution < 1.29 is 14.3 Å². The minimum Gasteiger partial charge on any atom is -0.451 e. The quantitative estimate of drug-likeness (QED) is 0.536. The summed E-state index contributed by atoms with van der Waals surface area (Å²) >= 11 is 19.1. The Morgan fingerprint density at radius 3 is 2.42 bits per heavy atom. The average Bonchev–Trinajstić information content (AvgIpc) is 2.91. The van der Waals surface area contributed by atoms with Gasteiger partial charge in [-0.05, 0) is 37.1 Å². The molecule has 1 heterocycles. The first-order valence-electron chi connectivity index (χ1n) is 7.02. The Morgan fingerprint density at radius 2 is 1.79 bits per heavy atom. The van der Waals surface area contributed by atoms with E-state index < -0.39 is 18.5 Å². The van der Waals surface area contributed by atoms with Gasteiger partial charge >= 0.3 is 5.97 Å². The summed E-state index contributed by atoms with van der Waals surface area (Å²) in [5.74, 6) is -1.05. The van der Waals surface area contributed by atoms with Gasteiger partial charge in [-0.25, -0.2) is 4.79 Å². The van der Waals surface area contributed by atoms with Gasteiger partial charge in [0.2, 0.25) is 0 Å². The van der Waals surface area contributed by atoms with Crippen LogP contribution in [0, 0.1) is 6.92 Å². The van der Waals surface area contributed by atoms with Gasteiger partial charge < -0.3 is 10.1 Å². The first-order valence-corrected chi connectivity index (χ1v) is 8.97. The topological polar surface area (TPSA) is 55.4 Å². The molecule has 2 aromatic rings. The van der Waals surface area contributed by atoms with E-state index in [-0.39, 0.29) is 15.1 Å². The van der Waals surface area contributed by atoms with Gasteiger partial charge in [0.15, 0.2) is 6.61 Å². The minimum absolute atomic E-state index is 0.241. The molecule has 0 radical (unpaired) electrons. The molecule has 0 aliphatic carbocycles. The lowest BCUT2D eigenvalue weighted by Crippen LogP contribution is -2.20. The zero-order valence-electron chi connectivity index (χ0n) is 12.9. The molecule has 8 heteroatoms. The first kappa shape index (κ1) is 19.1. The lowest BCUT2D eigenvalue weighted by atomic mass is 10.2. The molecule has 0 saturated heterocycles. The van der Waals surface area contributed by atoms with E-state index in [1.807, 2.05) is 13.8 Å². The maximum absolute atomic E-state index is 12.0. The number of ether oxygens (including phenoxy) is 1. The number of carbonyl (C=O) groups is 2. The summed E-state index contributed by atoms with van der Waals surface area (Å²) < 4.78 is 5.03. The Hall–Kier alpha value is -1.27. The first-order chi connectivity index (χ1) is 11.3. The standard InChI is InChI=1S/C16H14Cl3NO3S/c1-3-13-8(2)4-14(24-13)16(22)23-7-15(21)20-12-6-10(18)9(17)5-11(12)19/h4-6H,3,7H2,1-2H3,(H,20,21). The molecule has 0 unspecified atom stereocenters. The molecule has 4 nitrogen and oxygen atoms in total. The maximum atomic E-state index is 12.0. The third-order valence-electron chi connectivity index (χ3n) is 3.16. The van der Waals surface area contributed by atoms with Crippen molar-refractivity contribution in [2.75, 3.05) is 11.9 Å². The number of esters is 1. The maximum Gasteiger partial charge on any atom is 0.348 e. The van der Waals surface area contributed by atoms with Gasteiger partial charge in [0.25, 0.3) is 5.91 Å². The van der Waals surface area contributed by atoms with Crippen LogP contribution < -0.4 is 5.32 Å². The van der Waals surface area contributed by atoms with Gasteiger partial charge in [0.1, 0.15) is 4.88 Å². The Bertz CT molecular complexity index is 789. The van der Waals surface area contributed by atoms with Crippen molar-refractivity contribution in [3.63, 3.8) is 0 Å². The molecule has 1 aromatic heterocycles. The number of carbonyl (C=O) groups excluding carboxylic acids is 2. The average molecular weight is 407 g/mol. The molecule has 0 aliphatic heterocycles. The molecule has 2 rings (SSSR count). The molecule has 1 aromatic carbocycles. The van der Waals surface area contributed by atoms with Gasteiger partial charge in [-0.2, -0.15) is 0 Å². The van der Waals surface area contributed by atoms with E-state index in [0.717, 1.165) is 16.9 Å². The van der Waals surface area contributed by atoms with Crippen molar-refractivity contribution in [2.24, 2.45) is 0 Å². The molecule has 1 amide bonds. The summed E-state index contributed by atoms with van der Waals surface area (Å²) in [7, 11) is 0. The number of rotatable bonds is 5. The van der Waals surface area contributed by atoms with Gasteiger partial charge in [-0.3, -0.25) is 4.79 Å². The molecule has 0 spiro atoms. The van der Waals surface area contributed by atoms with Gasteiger partial charge in [0.05, 0.1) is 20.8 Å². The molecule has 0 saturated carbocycles. The smallest absolute Gasteiger partial charge is 0.348 e. The van der Waals surface area contributed by atoms with E-state index in [4.69, 9.17) is 39.5 Å². The van der Waals surface area contributed by atoms with Crippen molar-refractivity contribution in [1.29, 1.82) is 0 Å². The molecule has 24 heavy (non-hydrogen) atoms. The summed E-state index contributed by atoms with van der Waals surface area (Å²) in [6.45, 7) is 3.53. The van der Waals surface area contributed by atoms with Crippen molar-refractivity contribution in [3.8, 4) is 0 Å². The molecule has 1 N–H and O–H groups in total. The fraction of sp³-hybridized carbons (Fsp3) is 0.250. The van der Waals surface area contributed by atoms with E-state index in [1.165, 1.54) is 23.5 Å². The van der Waals surface area contributed by atoms with Gasteiger partial charge in [0, 0.05) is 4.88 Å². The molecule has 0 bridgehead atoms. The second kappa shape index (κ2) is 8.21. The van der Waals surface area contributed by atoms with Crippen LogP contribution in [0.15, 0.2) is 18.2 Å². The minimum atomic E-state index is -0.529. The zero-order valence-corrected chi connectivity index (χ0v) is 16.0. The van der Waals surface area contributed by atoms with Crippen LogP contribution in [-0.2, 0) is 16.0 Å². The Morgan fingerprint density at radius 1 is 1.12 bits per heavy atom. The fourth-order valence-electron chi connectivity index (χ4n) is 1.98. The predicted octanol–water partition coefficient (Wildman–Crippen LogP) is 5.37. The van der Waals surface area contributed by atoms with Crippen LogP contribution in [0.2, 0.25) is 15.1 Å². The highest BCUT2D eigenvalue weighted by Crippen LogP contribution is 2.32. The largest absolute Gasteiger partial charge is 0.451 e. The number of hydrogen-bond donors (Lipinski definition) is 1. The second-order valence-corrected chi connectivity index (χ2v) is 7.30. The van der Waals surface area contributed by atoms with Crippen molar-refractivity contribution >= 4 is 63.7 Å². The third kappa shape index (κ3) is 4.63. The number of anilines is 1. The van der Waals surface area contributed by atoms with Crippen molar-refractivity contribution in [2.45, 2.75) is 20.3 Å². The molecular weight excluding hydrogens is 393 g/mol. The molecule has 0 atom stereocenters. The Balaban J connectivity index is 1.95. The number of benzene rings is 1. The van der Waals surface area contributed by atoms with E-state index >= 15 is 0 Å². The highest BCUT2D eigenvalue weighted by atomic mass is 35.5. The second-order valence-electron chi connectivity index (χ2n) is 4.94. The lowest BCUT2D eigenvalue weighted by Gasteiger charge is -2.09. The molecule has 128 valence electrons. The highest BCUT2D eigenvalue weighted by molar-refractivity contribution is 7.14. The molecular formula is C16H14Cl3NO3S. The van der Waals surface area contributed by atoms with E-state index in [1.54, 1.807) is 6.07 Å². The summed E-state index contributed by atoms with van der Waals surface area (Å²) in [6, 6.07) is 4.62. The molecule has 0 fully saturated rings. The van der Waals surface area contributed by atoms with E-state index in [2.05, 4.69) is 5.32 Å². The van der Waals surface area contributed by atoms with E-state index in [0.29, 0.717) is 10.6 Å². The summed E-state index contributed by atoms with van der Waals surface area (Å²) in [4.78, 5) is 25.5. The number of hydrogen-bond acceptors (Lipinski definition) is 4. The van der Waals surface area contributed by atoms with Crippen molar-refractivity contribution in [3.05, 3.63) is 48.6 Å².